The minimum absolute atomic E-state index is 0.193. The summed E-state index contributed by atoms with van der Waals surface area (Å²) in [5.41, 5.74) is -0.333. The Morgan fingerprint density at radius 1 is 0.964 bits per heavy atom. The zero-order valence-electron chi connectivity index (χ0n) is 14.9. The lowest BCUT2D eigenvalue weighted by Crippen LogP contribution is -2.50. The second-order valence-corrected chi connectivity index (χ2v) is 7.05. The molecule has 0 N–H and O–H groups in total. The number of hydrogen-bond donors (Lipinski definition) is 0. The summed E-state index contributed by atoms with van der Waals surface area (Å²) >= 11 is 0. The fourth-order valence-electron chi connectivity index (χ4n) is 3.21. The SMILES string of the molecule is O=C(c1ccc(C(F)(F)F)cc1)N1CCN(C(=O)c2cc(C3CC3)on2)CC1. The number of amides is 2. The maximum Gasteiger partial charge on any atom is 0.416 e. The van der Waals surface area contributed by atoms with Gasteiger partial charge in [0.25, 0.3) is 11.8 Å². The van der Waals surface area contributed by atoms with E-state index in [2.05, 4.69) is 5.16 Å². The second kappa shape index (κ2) is 6.96. The number of carbonyl (C=O) groups is 2. The molecule has 148 valence electrons. The molecular formula is C19H18F3N3O3. The molecule has 0 radical (unpaired) electrons. The fourth-order valence-corrected chi connectivity index (χ4v) is 3.21. The molecule has 1 aliphatic heterocycles. The average molecular weight is 393 g/mol. The molecule has 1 saturated heterocycles. The Bertz CT molecular complexity index is 880. The molecule has 1 aromatic heterocycles. The number of carbonyl (C=O) groups excluding carboxylic acids is 2. The van der Waals surface area contributed by atoms with Gasteiger partial charge in [0.2, 0.25) is 0 Å². The first kappa shape index (κ1) is 18.5. The van der Waals surface area contributed by atoms with E-state index in [1.165, 1.54) is 17.0 Å². The van der Waals surface area contributed by atoms with Crippen LogP contribution in [0.25, 0.3) is 0 Å². The van der Waals surface area contributed by atoms with E-state index in [4.69, 9.17) is 4.52 Å². The van der Waals surface area contributed by atoms with Crippen LogP contribution in [0.5, 0.6) is 0 Å². The van der Waals surface area contributed by atoms with E-state index in [9.17, 15) is 22.8 Å². The third-order valence-corrected chi connectivity index (χ3v) is 5.04. The van der Waals surface area contributed by atoms with Crippen LogP contribution >= 0.6 is 0 Å². The Morgan fingerprint density at radius 2 is 1.54 bits per heavy atom. The minimum atomic E-state index is -4.44. The van der Waals surface area contributed by atoms with Gasteiger partial charge in [-0.05, 0) is 37.1 Å². The molecule has 28 heavy (non-hydrogen) atoms. The molecule has 0 unspecified atom stereocenters. The van der Waals surface area contributed by atoms with Crippen molar-refractivity contribution in [3.8, 4) is 0 Å². The second-order valence-electron chi connectivity index (χ2n) is 7.05. The highest BCUT2D eigenvalue weighted by Gasteiger charge is 2.32. The third kappa shape index (κ3) is 3.74. The molecule has 1 aliphatic carbocycles. The summed E-state index contributed by atoms with van der Waals surface area (Å²) in [7, 11) is 0. The average Bonchev–Trinajstić information content (AvgIpc) is 3.43. The minimum Gasteiger partial charge on any atom is -0.360 e. The van der Waals surface area contributed by atoms with Gasteiger partial charge in [0, 0.05) is 43.7 Å². The number of nitrogens with zero attached hydrogens (tertiary/aromatic N) is 3. The van der Waals surface area contributed by atoms with E-state index in [0.29, 0.717) is 32.1 Å². The largest absolute Gasteiger partial charge is 0.416 e. The Hall–Kier alpha value is -2.84. The summed E-state index contributed by atoms with van der Waals surface area (Å²) in [4.78, 5) is 28.2. The molecule has 1 saturated carbocycles. The zero-order chi connectivity index (χ0) is 19.9. The maximum absolute atomic E-state index is 12.6. The van der Waals surface area contributed by atoms with Crippen molar-refractivity contribution in [3.05, 3.63) is 52.9 Å². The zero-order valence-corrected chi connectivity index (χ0v) is 14.9. The number of benzene rings is 1. The van der Waals surface area contributed by atoms with Crippen LogP contribution in [0.3, 0.4) is 0 Å². The Labute approximate surface area is 158 Å². The van der Waals surface area contributed by atoms with E-state index >= 15 is 0 Å². The van der Waals surface area contributed by atoms with Crippen LogP contribution in [0.2, 0.25) is 0 Å². The van der Waals surface area contributed by atoms with E-state index in [1.807, 2.05) is 0 Å². The maximum atomic E-state index is 12.6. The van der Waals surface area contributed by atoms with E-state index < -0.39 is 11.7 Å². The van der Waals surface area contributed by atoms with Gasteiger partial charge in [0.15, 0.2) is 5.69 Å². The Kier molecular flexibility index (Phi) is 4.60. The van der Waals surface area contributed by atoms with Crippen molar-refractivity contribution in [1.82, 2.24) is 15.0 Å². The number of rotatable bonds is 3. The van der Waals surface area contributed by atoms with E-state index in [1.54, 1.807) is 11.0 Å². The summed E-state index contributed by atoms with van der Waals surface area (Å²) < 4.78 is 43.1. The molecule has 0 spiro atoms. The lowest BCUT2D eigenvalue weighted by Gasteiger charge is -2.34. The number of hydrogen-bond acceptors (Lipinski definition) is 4. The van der Waals surface area contributed by atoms with Crippen molar-refractivity contribution >= 4 is 11.8 Å². The molecule has 0 atom stereocenters. The molecule has 2 heterocycles. The lowest BCUT2D eigenvalue weighted by atomic mass is 10.1. The van der Waals surface area contributed by atoms with Gasteiger partial charge in [-0.2, -0.15) is 13.2 Å². The van der Waals surface area contributed by atoms with Crippen LogP contribution < -0.4 is 0 Å². The molecular weight excluding hydrogens is 375 g/mol. The smallest absolute Gasteiger partial charge is 0.360 e. The van der Waals surface area contributed by atoms with Gasteiger partial charge in [-0.15, -0.1) is 0 Å². The highest BCUT2D eigenvalue weighted by molar-refractivity contribution is 5.95. The molecule has 2 fully saturated rings. The van der Waals surface area contributed by atoms with Crippen molar-refractivity contribution < 1.29 is 27.3 Å². The number of piperazine rings is 1. The van der Waals surface area contributed by atoms with Crippen molar-refractivity contribution in [2.75, 3.05) is 26.2 Å². The van der Waals surface area contributed by atoms with Crippen LogP contribution in [0, 0.1) is 0 Å². The van der Waals surface area contributed by atoms with Crippen molar-refractivity contribution in [3.63, 3.8) is 0 Å². The first-order valence-corrected chi connectivity index (χ1v) is 9.05. The summed E-state index contributed by atoms with van der Waals surface area (Å²) in [5.74, 6) is 0.516. The Morgan fingerprint density at radius 3 is 2.07 bits per heavy atom. The van der Waals surface area contributed by atoms with Gasteiger partial charge in [-0.25, -0.2) is 0 Å². The monoisotopic (exact) mass is 393 g/mol. The third-order valence-electron chi connectivity index (χ3n) is 5.04. The summed E-state index contributed by atoms with van der Waals surface area (Å²) in [6.45, 7) is 1.27. The van der Waals surface area contributed by atoms with Gasteiger partial charge in [-0.1, -0.05) is 5.16 Å². The highest BCUT2D eigenvalue weighted by Crippen LogP contribution is 2.40. The highest BCUT2D eigenvalue weighted by atomic mass is 19.4. The first-order chi connectivity index (χ1) is 13.3. The van der Waals surface area contributed by atoms with Crippen LogP contribution in [0.4, 0.5) is 13.2 Å². The molecule has 2 amide bonds. The number of alkyl halides is 3. The quantitative estimate of drug-likeness (QED) is 0.804. The number of aromatic nitrogens is 1. The lowest BCUT2D eigenvalue weighted by molar-refractivity contribution is -0.137. The van der Waals surface area contributed by atoms with Gasteiger partial charge in [0.05, 0.1) is 5.56 Å². The predicted octanol–water partition coefficient (Wildman–Crippen LogP) is 3.17. The summed E-state index contributed by atoms with van der Waals surface area (Å²) in [6.07, 6.45) is -2.34. The van der Waals surface area contributed by atoms with Crippen LogP contribution in [-0.2, 0) is 6.18 Å². The number of halogens is 3. The Balaban J connectivity index is 1.35. The topological polar surface area (TPSA) is 66.7 Å². The van der Waals surface area contributed by atoms with Crippen LogP contribution in [0.15, 0.2) is 34.9 Å². The van der Waals surface area contributed by atoms with Gasteiger partial charge < -0.3 is 14.3 Å². The van der Waals surface area contributed by atoms with Gasteiger partial charge in [-0.3, -0.25) is 9.59 Å². The van der Waals surface area contributed by atoms with E-state index in [0.717, 1.165) is 30.7 Å². The van der Waals surface area contributed by atoms with Crippen molar-refractivity contribution in [1.29, 1.82) is 0 Å². The fraction of sp³-hybridized carbons (Fsp3) is 0.421. The first-order valence-electron chi connectivity index (χ1n) is 9.05. The molecule has 0 bridgehead atoms. The molecule has 1 aromatic carbocycles. The molecule has 2 aromatic rings. The van der Waals surface area contributed by atoms with Crippen LogP contribution in [0.1, 0.15) is 50.9 Å². The van der Waals surface area contributed by atoms with E-state index in [-0.39, 0.29) is 23.1 Å². The summed E-state index contributed by atoms with van der Waals surface area (Å²) in [5, 5.41) is 3.84. The van der Waals surface area contributed by atoms with Crippen molar-refractivity contribution in [2.45, 2.75) is 24.9 Å². The summed E-state index contributed by atoms with van der Waals surface area (Å²) in [6, 6.07) is 5.83. The van der Waals surface area contributed by atoms with Crippen molar-refractivity contribution in [2.24, 2.45) is 0 Å². The standard InChI is InChI=1S/C19H18F3N3O3/c20-19(21,22)14-5-3-13(4-6-14)17(26)24-7-9-25(10-8-24)18(27)15-11-16(28-23-15)12-1-2-12/h3-6,11-12H,1-2,7-10H2. The van der Waals surface area contributed by atoms with Crippen LogP contribution in [-0.4, -0.2) is 52.9 Å². The molecule has 2 aliphatic rings. The molecule has 9 heteroatoms. The normalized spacial score (nSPS) is 17.7. The van der Waals surface area contributed by atoms with Gasteiger partial charge in [0.1, 0.15) is 5.76 Å². The van der Waals surface area contributed by atoms with Gasteiger partial charge >= 0.3 is 6.18 Å². The molecule has 4 rings (SSSR count). The molecule has 6 nitrogen and oxygen atoms in total. The predicted molar refractivity (Wildman–Crippen MR) is 91.7 cm³/mol.